The summed E-state index contributed by atoms with van der Waals surface area (Å²) in [5.41, 5.74) is 0.928. The molecule has 1 unspecified atom stereocenters. The first kappa shape index (κ1) is 17.9. The molecule has 0 saturated carbocycles. The van der Waals surface area contributed by atoms with Crippen molar-refractivity contribution in [1.29, 1.82) is 0 Å². The quantitative estimate of drug-likeness (QED) is 0.627. The molecule has 1 saturated heterocycles. The van der Waals surface area contributed by atoms with Crippen molar-refractivity contribution in [2.45, 2.75) is 18.9 Å². The minimum Gasteiger partial charge on any atom is -0.493 e. The summed E-state index contributed by atoms with van der Waals surface area (Å²) in [5, 5.41) is 13.8. The van der Waals surface area contributed by atoms with Crippen LogP contribution in [0.25, 0.3) is 4.96 Å². The van der Waals surface area contributed by atoms with Crippen LogP contribution in [0.2, 0.25) is 0 Å². The maximum Gasteiger partial charge on any atom is 0.411 e. The Kier molecular flexibility index (Phi) is 4.79. The molecule has 1 aliphatic rings. The van der Waals surface area contributed by atoms with Crippen LogP contribution in [-0.2, 0) is 0 Å². The number of aromatic nitrogens is 3. The van der Waals surface area contributed by atoms with Crippen molar-refractivity contribution in [3.8, 4) is 23.1 Å². The largest absolute Gasteiger partial charge is 0.493 e. The molecule has 1 aromatic carbocycles. The number of aromatic amines is 1. The van der Waals surface area contributed by atoms with Gasteiger partial charge in [-0.25, -0.2) is 0 Å². The average molecular weight is 391 g/mol. The number of hydrogen-bond acceptors (Lipinski definition) is 7. The molecule has 1 atom stereocenters. The number of rotatable bonds is 6. The van der Waals surface area contributed by atoms with Crippen LogP contribution < -0.4 is 18.7 Å². The molecular formula is C18H23N4O4S+. The first-order valence-electron chi connectivity index (χ1n) is 8.79. The van der Waals surface area contributed by atoms with Crippen LogP contribution in [0.1, 0.15) is 29.3 Å². The van der Waals surface area contributed by atoms with Gasteiger partial charge in [0.15, 0.2) is 11.5 Å². The summed E-state index contributed by atoms with van der Waals surface area (Å²) in [6.45, 7) is 1.90. The summed E-state index contributed by atoms with van der Waals surface area (Å²) in [6.07, 6.45) is 3.82. The summed E-state index contributed by atoms with van der Waals surface area (Å²) < 4.78 is 18.3. The van der Waals surface area contributed by atoms with Gasteiger partial charge in [-0.2, -0.15) is 5.10 Å². The molecule has 8 nitrogen and oxygen atoms in total. The smallest absolute Gasteiger partial charge is 0.411 e. The number of ether oxygens (including phenoxy) is 3. The molecule has 2 aromatic heterocycles. The van der Waals surface area contributed by atoms with E-state index in [-0.39, 0.29) is 11.9 Å². The average Bonchev–Trinajstić information content (AvgIpc) is 3.42. The lowest BCUT2D eigenvalue weighted by atomic mass is 10.0. The third-order valence-electron chi connectivity index (χ3n) is 4.97. The van der Waals surface area contributed by atoms with Gasteiger partial charge in [-0.05, 0) is 54.4 Å². The van der Waals surface area contributed by atoms with Gasteiger partial charge < -0.3 is 19.3 Å². The van der Waals surface area contributed by atoms with E-state index in [0.29, 0.717) is 22.2 Å². The molecule has 2 N–H and O–H groups in total. The Hall–Kier alpha value is -2.52. The number of fused-ring (bicyclic) bond motifs is 1. The zero-order valence-electron chi connectivity index (χ0n) is 15.6. The van der Waals surface area contributed by atoms with Gasteiger partial charge in [-0.15, -0.1) is 0 Å². The molecule has 9 heteroatoms. The lowest BCUT2D eigenvalue weighted by molar-refractivity contribution is -0.582. The zero-order valence-corrected chi connectivity index (χ0v) is 16.4. The summed E-state index contributed by atoms with van der Waals surface area (Å²) in [6, 6.07) is 3.69. The monoisotopic (exact) mass is 391 g/mol. The Morgan fingerprint density at radius 2 is 1.89 bits per heavy atom. The molecule has 4 rings (SSSR count). The van der Waals surface area contributed by atoms with Crippen molar-refractivity contribution >= 4 is 16.3 Å². The van der Waals surface area contributed by atoms with Crippen LogP contribution in [0.5, 0.6) is 23.1 Å². The number of nitrogens with one attached hydrogen (secondary N) is 1. The summed E-state index contributed by atoms with van der Waals surface area (Å²) >= 11 is 1.46. The van der Waals surface area contributed by atoms with E-state index in [1.165, 1.54) is 11.3 Å². The molecule has 0 spiro atoms. The van der Waals surface area contributed by atoms with Gasteiger partial charge in [0.25, 0.3) is 0 Å². The van der Waals surface area contributed by atoms with Crippen LogP contribution in [-0.4, -0.2) is 54.5 Å². The number of aromatic hydroxyl groups is 1. The van der Waals surface area contributed by atoms with Crippen LogP contribution in [0.4, 0.5) is 0 Å². The number of benzene rings is 1. The second-order valence-electron chi connectivity index (χ2n) is 6.36. The van der Waals surface area contributed by atoms with E-state index in [0.717, 1.165) is 36.4 Å². The molecule has 3 aromatic rings. The highest BCUT2D eigenvalue weighted by Gasteiger charge is 2.36. The van der Waals surface area contributed by atoms with Crippen LogP contribution in [0, 0.1) is 0 Å². The summed E-state index contributed by atoms with van der Waals surface area (Å²) in [7, 11) is 4.82. The predicted octanol–water partition coefficient (Wildman–Crippen LogP) is 2.13. The molecule has 3 heterocycles. The minimum absolute atomic E-state index is 0.164. The maximum absolute atomic E-state index is 10.8. The van der Waals surface area contributed by atoms with Crippen molar-refractivity contribution in [3.63, 3.8) is 0 Å². The first-order valence-corrected chi connectivity index (χ1v) is 9.61. The SMILES string of the molecule is COc1ccc(C(c2sc3nc[nH][n+]3c2O)N2CCCC2)c(OC)c1OC. The second kappa shape index (κ2) is 7.24. The van der Waals surface area contributed by atoms with E-state index in [9.17, 15) is 5.11 Å². The van der Waals surface area contributed by atoms with E-state index < -0.39 is 0 Å². The molecule has 0 amide bonds. The lowest BCUT2D eigenvalue weighted by Crippen LogP contribution is -2.28. The minimum atomic E-state index is -0.164. The highest BCUT2D eigenvalue weighted by molar-refractivity contribution is 7.16. The maximum atomic E-state index is 10.8. The molecule has 27 heavy (non-hydrogen) atoms. The zero-order chi connectivity index (χ0) is 19.0. The van der Waals surface area contributed by atoms with Gasteiger partial charge in [0.05, 0.1) is 27.4 Å². The molecule has 144 valence electrons. The summed E-state index contributed by atoms with van der Waals surface area (Å²) in [4.78, 5) is 8.17. The number of likely N-dealkylation sites (tertiary alicyclic amines) is 1. The highest BCUT2D eigenvalue weighted by atomic mass is 32.1. The van der Waals surface area contributed by atoms with Crippen molar-refractivity contribution in [2.24, 2.45) is 0 Å². The number of nitrogens with zero attached hydrogens (tertiary/aromatic N) is 3. The fourth-order valence-electron chi connectivity index (χ4n) is 3.75. The van der Waals surface area contributed by atoms with E-state index in [2.05, 4.69) is 15.0 Å². The Balaban J connectivity index is 1.92. The predicted molar refractivity (Wildman–Crippen MR) is 100 cm³/mol. The fourth-order valence-corrected chi connectivity index (χ4v) is 4.86. The first-order chi connectivity index (χ1) is 13.2. The fraction of sp³-hybridized carbons (Fsp3) is 0.444. The van der Waals surface area contributed by atoms with Crippen LogP contribution in [0.15, 0.2) is 18.5 Å². The molecule has 1 aliphatic heterocycles. The molecule has 0 bridgehead atoms. The second-order valence-corrected chi connectivity index (χ2v) is 7.37. The van der Waals surface area contributed by atoms with Crippen molar-refractivity contribution < 1.29 is 23.8 Å². The number of methoxy groups -OCH3 is 3. The van der Waals surface area contributed by atoms with E-state index in [4.69, 9.17) is 14.2 Å². The van der Waals surface area contributed by atoms with E-state index in [1.807, 2.05) is 12.1 Å². The van der Waals surface area contributed by atoms with Gasteiger partial charge >= 0.3 is 10.8 Å². The van der Waals surface area contributed by atoms with Crippen LogP contribution >= 0.6 is 11.3 Å². The topological polar surface area (TPSA) is 83.9 Å². The lowest BCUT2D eigenvalue weighted by Gasteiger charge is -2.28. The van der Waals surface area contributed by atoms with Gasteiger partial charge in [-0.1, -0.05) is 4.52 Å². The number of H-pyrrole nitrogens is 1. The van der Waals surface area contributed by atoms with E-state index >= 15 is 0 Å². The molecular weight excluding hydrogens is 368 g/mol. The molecule has 0 aliphatic carbocycles. The van der Waals surface area contributed by atoms with Crippen molar-refractivity contribution in [2.75, 3.05) is 34.4 Å². The number of thiazole rings is 1. The Morgan fingerprint density at radius 1 is 1.15 bits per heavy atom. The standard InChI is InChI=1S/C18H22N4O4S/c1-24-12-7-6-11(14(25-2)15(12)26-3)13(21-8-4-5-9-21)16-17(23)22-18(27-16)19-10-20-22/h6-7,10,13,23H,4-5,8-9H2,1-3H3/p+1. The van der Waals surface area contributed by atoms with Gasteiger partial charge in [0.2, 0.25) is 12.1 Å². The Labute approximate surface area is 160 Å². The van der Waals surface area contributed by atoms with Gasteiger partial charge in [0.1, 0.15) is 4.88 Å². The normalized spacial score (nSPS) is 16.0. The Morgan fingerprint density at radius 3 is 2.52 bits per heavy atom. The highest BCUT2D eigenvalue weighted by Crippen LogP contribution is 2.48. The Bertz CT molecular complexity index is 948. The van der Waals surface area contributed by atoms with Crippen LogP contribution in [0.3, 0.4) is 0 Å². The third kappa shape index (κ3) is 2.87. The summed E-state index contributed by atoms with van der Waals surface area (Å²) in [5.74, 6) is 1.94. The van der Waals surface area contributed by atoms with Crippen molar-refractivity contribution in [1.82, 2.24) is 15.0 Å². The molecule has 1 fully saturated rings. The van der Waals surface area contributed by atoms with Crippen molar-refractivity contribution in [3.05, 3.63) is 28.9 Å². The third-order valence-corrected chi connectivity index (χ3v) is 6.07. The number of hydrogen-bond donors (Lipinski definition) is 2. The van der Waals surface area contributed by atoms with E-state index in [1.54, 1.807) is 32.2 Å². The molecule has 0 radical (unpaired) electrons. The van der Waals surface area contributed by atoms with Gasteiger partial charge in [-0.3, -0.25) is 4.90 Å². The van der Waals surface area contributed by atoms with Gasteiger partial charge in [0, 0.05) is 5.56 Å².